The second kappa shape index (κ2) is 11.4. The fourth-order valence-corrected chi connectivity index (χ4v) is 3.74. The first-order chi connectivity index (χ1) is 15.9. The van der Waals surface area contributed by atoms with Crippen LogP contribution in [-0.2, 0) is 4.79 Å². The zero-order valence-corrected chi connectivity index (χ0v) is 18.2. The Hall–Kier alpha value is -3.53. The van der Waals surface area contributed by atoms with Crippen LogP contribution >= 0.6 is 0 Å². The minimum Gasteiger partial charge on any atom is -0.434 e. The zero-order chi connectivity index (χ0) is 23.8. The Labute approximate surface area is 190 Å². The molecule has 1 atom stereocenters. The van der Waals surface area contributed by atoms with Crippen molar-refractivity contribution in [3.05, 3.63) is 65.7 Å². The van der Waals surface area contributed by atoms with E-state index in [0.717, 1.165) is 5.56 Å². The molecule has 0 spiro atoms. The maximum atomic E-state index is 13.0. The van der Waals surface area contributed by atoms with E-state index in [2.05, 4.69) is 15.4 Å². The van der Waals surface area contributed by atoms with Gasteiger partial charge in [0.05, 0.1) is 5.56 Å². The number of nitrogens with zero attached hydrogens (tertiary/aromatic N) is 2. The van der Waals surface area contributed by atoms with Crippen LogP contribution < -0.4 is 15.4 Å². The Morgan fingerprint density at radius 3 is 2.24 bits per heavy atom. The molecule has 2 N–H and O–H groups in total. The first kappa shape index (κ1) is 24.1. The number of hydrogen-bond acceptors (Lipinski definition) is 5. The fraction of sp³-hybridized carbons (Fsp3) is 0.348. The number of halogens is 2. The fourth-order valence-electron chi connectivity index (χ4n) is 3.74. The van der Waals surface area contributed by atoms with Gasteiger partial charge in [-0.2, -0.15) is 8.78 Å². The number of nitrogens with one attached hydrogen (secondary N) is 2. The van der Waals surface area contributed by atoms with Gasteiger partial charge in [-0.1, -0.05) is 42.5 Å². The zero-order valence-electron chi connectivity index (χ0n) is 18.2. The molecule has 0 saturated carbocycles. The number of carbonyl (C=O) groups excluding carboxylic acids is 3. The van der Waals surface area contributed by atoms with E-state index in [9.17, 15) is 23.2 Å². The molecule has 1 aliphatic rings. The third kappa shape index (κ3) is 6.26. The first-order valence-electron chi connectivity index (χ1n) is 10.6. The molecule has 2 aromatic carbocycles. The standard InChI is InChI=1S/C23H26F2N4O4/c1-2-26-23(32)27-20(30)19(16-8-4-3-5-9-16)28-12-14-29(15-13-28)21(31)17-10-6-7-11-18(17)33-22(24)25/h3-11,19,22H,2,12-15H2,1H3,(H2,26,27,30,32). The maximum absolute atomic E-state index is 13.0. The average Bonchev–Trinajstić information content (AvgIpc) is 2.80. The monoisotopic (exact) mass is 460 g/mol. The number of imide groups is 1. The number of carbonyl (C=O) groups is 3. The lowest BCUT2D eigenvalue weighted by Crippen LogP contribution is -2.53. The van der Waals surface area contributed by atoms with Gasteiger partial charge in [0.15, 0.2) is 0 Å². The molecule has 0 radical (unpaired) electrons. The topological polar surface area (TPSA) is 91.0 Å². The van der Waals surface area contributed by atoms with E-state index < -0.39 is 30.5 Å². The molecule has 33 heavy (non-hydrogen) atoms. The van der Waals surface area contributed by atoms with E-state index in [1.165, 1.54) is 23.1 Å². The molecule has 2 aromatic rings. The molecule has 0 aliphatic carbocycles. The minimum absolute atomic E-state index is 0.0554. The first-order valence-corrected chi connectivity index (χ1v) is 10.6. The van der Waals surface area contributed by atoms with Crippen LogP contribution in [0.25, 0.3) is 0 Å². The molecule has 1 heterocycles. The second-order valence-corrected chi connectivity index (χ2v) is 7.36. The normalized spacial score (nSPS) is 15.1. The second-order valence-electron chi connectivity index (χ2n) is 7.36. The van der Waals surface area contributed by atoms with Gasteiger partial charge in [-0.15, -0.1) is 0 Å². The highest BCUT2D eigenvalue weighted by atomic mass is 19.3. The highest BCUT2D eigenvalue weighted by molar-refractivity contribution is 5.98. The molecular formula is C23H26F2N4O4. The number of rotatable bonds is 7. The van der Waals surface area contributed by atoms with Crippen molar-refractivity contribution in [2.45, 2.75) is 19.6 Å². The van der Waals surface area contributed by atoms with Crippen molar-refractivity contribution in [3.63, 3.8) is 0 Å². The van der Waals surface area contributed by atoms with E-state index in [4.69, 9.17) is 0 Å². The van der Waals surface area contributed by atoms with Crippen LogP contribution in [0.3, 0.4) is 0 Å². The molecular weight excluding hydrogens is 434 g/mol. The molecule has 1 aliphatic heterocycles. The summed E-state index contributed by atoms with van der Waals surface area (Å²) in [5, 5.41) is 4.90. The number of hydrogen-bond donors (Lipinski definition) is 2. The smallest absolute Gasteiger partial charge is 0.387 e. The quantitative estimate of drug-likeness (QED) is 0.663. The van der Waals surface area contributed by atoms with Crippen LogP contribution in [0.2, 0.25) is 0 Å². The number of piperazine rings is 1. The predicted molar refractivity (Wildman–Crippen MR) is 117 cm³/mol. The molecule has 1 saturated heterocycles. The van der Waals surface area contributed by atoms with E-state index in [1.807, 2.05) is 11.0 Å². The summed E-state index contributed by atoms with van der Waals surface area (Å²) in [4.78, 5) is 41.2. The highest BCUT2D eigenvalue weighted by Crippen LogP contribution is 2.25. The highest BCUT2D eigenvalue weighted by Gasteiger charge is 2.33. The Morgan fingerprint density at radius 2 is 1.61 bits per heavy atom. The van der Waals surface area contributed by atoms with E-state index >= 15 is 0 Å². The molecule has 10 heteroatoms. The minimum atomic E-state index is -3.04. The van der Waals surface area contributed by atoms with Crippen molar-refractivity contribution in [1.29, 1.82) is 0 Å². The molecule has 1 fully saturated rings. The van der Waals surface area contributed by atoms with Crippen LogP contribution in [0, 0.1) is 0 Å². The third-order valence-corrected chi connectivity index (χ3v) is 5.24. The predicted octanol–water partition coefficient (Wildman–Crippen LogP) is 2.63. The van der Waals surface area contributed by atoms with E-state index in [-0.39, 0.29) is 24.4 Å². The van der Waals surface area contributed by atoms with Gasteiger partial charge in [0.2, 0.25) is 5.91 Å². The van der Waals surface area contributed by atoms with Crippen molar-refractivity contribution < 1.29 is 27.9 Å². The molecule has 8 nitrogen and oxygen atoms in total. The summed E-state index contributed by atoms with van der Waals surface area (Å²) in [5.41, 5.74) is 0.773. The molecule has 3 rings (SSSR count). The van der Waals surface area contributed by atoms with E-state index in [0.29, 0.717) is 19.6 Å². The molecule has 0 aromatic heterocycles. The summed E-state index contributed by atoms with van der Waals surface area (Å²) in [5.74, 6) is -1.07. The van der Waals surface area contributed by atoms with Crippen LogP contribution in [-0.4, -0.2) is 67.0 Å². The van der Waals surface area contributed by atoms with Gasteiger partial charge >= 0.3 is 12.6 Å². The number of benzene rings is 2. The lowest BCUT2D eigenvalue weighted by atomic mass is 10.0. The van der Waals surface area contributed by atoms with Crippen molar-refractivity contribution in [3.8, 4) is 5.75 Å². The molecule has 4 amide bonds. The number of alkyl halides is 2. The van der Waals surface area contributed by atoms with Crippen LogP contribution in [0.1, 0.15) is 28.9 Å². The molecule has 176 valence electrons. The average molecular weight is 460 g/mol. The summed E-state index contributed by atoms with van der Waals surface area (Å²) in [6.07, 6.45) is 0. The van der Waals surface area contributed by atoms with Gasteiger partial charge in [-0.05, 0) is 24.6 Å². The lowest BCUT2D eigenvalue weighted by Gasteiger charge is -2.38. The number of para-hydroxylation sites is 1. The van der Waals surface area contributed by atoms with Gasteiger partial charge < -0.3 is 15.0 Å². The van der Waals surface area contributed by atoms with Gasteiger partial charge in [0.1, 0.15) is 11.8 Å². The summed E-state index contributed by atoms with van der Waals surface area (Å²) in [7, 11) is 0. The Bertz CT molecular complexity index is 966. The van der Waals surface area contributed by atoms with Crippen LogP contribution in [0.5, 0.6) is 5.75 Å². The van der Waals surface area contributed by atoms with Crippen LogP contribution in [0.15, 0.2) is 54.6 Å². The summed E-state index contributed by atoms with van der Waals surface area (Å²) >= 11 is 0. The Morgan fingerprint density at radius 1 is 0.970 bits per heavy atom. The van der Waals surface area contributed by atoms with Crippen molar-refractivity contribution in [1.82, 2.24) is 20.4 Å². The van der Waals surface area contributed by atoms with Gasteiger partial charge in [0, 0.05) is 32.7 Å². The Kier molecular flexibility index (Phi) is 8.31. The van der Waals surface area contributed by atoms with Crippen molar-refractivity contribution in [2.24, 2.45) is 0 Å². The molecule has 1 unspecified atom stereocenters. The molecule has 0 bridgehead atoms. The largest absolute Gasteiger partial charge is 0.434 e. The van der Waals surface area contributed by atoms with Gasteiger partial charge in [0.25, 0.3) is 5.91 Å². The Balaban J connectivity index is 1.72. The summed E-state index contributed by atoms with van der Waals surface area (Å²) in [6, 6.07) is 13.6. The number of ether oxygens (including phenoxy) is 1. The van der Waals surface area contributed by atoms with Gasteiger partial charge in [-0.25, -0.2) is 4.79 Å². The number of amides is 4. The third-order valence-electron chi connectivity index (χ3n) is 5.24. The SMILES string of the molecule is CCNC(=O)NC(=O)C(c1ccccc1)N1CCN(C(=O)c2ccccc2OC(F)F)CC1. The van der Waals surface area contributed by atoms with Crippen molar-refractivity contribution >= 4 is 17.8 Å². The summed E-state index contributed by atoms with van der Waals surface area (Å²) < 4.78 is 29.9. The number of urea groups is 1. The lowest BCUT2D eigenvalue weighted by molar-refractivity contribution is -0.126. The van der Waals surface area contributed by atoms with Gasteiger partial charge in [-0.3, -0.25) is 19.8 Å². The maximum Gasteiger partial charge on any atom is 0.387 e. The van der Waals surface area contributed by atoms with Crippen molar-refractivity contribution in [2.75, 3.05) is 32.7 Å². The summed E-state index contributed by atoms with van der Waals surface area (Å²) in [6.45, 7) is 0.356. The van der Waals surface area contributed by atoms with Crippen LogP contribution in [0.4, 0.5) is 13.6 Å². The van der Waals surface area contributed by atoms with E-state index in [1.54, 1.807) is 37.3 Å².